The Bertz CT molecular complexity index is 2670. The number of nitrogens with zero attached hydrogens (tertiary/aromatic N) is 4. The number of amidine groups is 1. The molecule has 13 heteroatoms. The van der Waals surface area contributed by atoms with Crippen LogP contribution < -0.4 is 25.6 Å². The summed E-state index contributed by atoms with van der Waals surface area (Å²) in [4.78, 5) is 29.6. The molecular weight excluding hydrogens is 859 g/mol. The van der Waals surface area contributed by atoms with E-state index in [1.807, 2.05) is 121 Å². The quantitative estimate of drug-likeness (QED) is 0.0650. The van der Waals surface area contributed by atoms with E-state index in [1.54, 1.807) is 43.4 Å². The minimum absolute atomic E-state index is 0.00850. The third kappa shape index (κ3) is 8.11. The van der Waals surface area contributed by atoms with Crippen molar-refractivity contribution in [3.63, 3.8) is 0 Å². The molecule has 6 aromatic carbocycles. The van der Waals surface area contributed by atoms with E-state index < -0.39 is 54.9 Å². The molecule has 3 heterocycles. The normalized spacial score (nSPS) is 21.6. The number of hydrogen-bond acceptors (Lipinski definition) is 12. The van der Waals surface area contributed by atoms with E-state index in [1.165, 1.54) is 6.34 Å². The summed E-state index contributed by atoms with van der Waals surface area (Å²) in [5.41, 5.74) is 6.92. The molecule has 1 fully saturated rings. The summed E-state index contributed by atoms with van der Waals surface area (Å²) in [6.45, 7) is 6.52. The van der Waals surface area contributed by atoms with Crippen LogP contribution in [0.25, 0.3) is 0 Å². The van der Waals surface area contributed by atoms with Crippen molar-refractivity contribution < 1.29 is 33.3 Å². The number of rotatable bonds is 15. The van der Waals surface area contributed by atoms with Gasteiger partial charge in [-0.05, 0) is 56.4 Å². The molecule has 0 spiro atoms. The highest BCUT2D eigenvalue weighted by molar-refractivity contribution is 6.99. The van der Waals surface area contributed by atoms with Gasteiger partial charge in [0, 0.05) is 5.56 Å². The molecule has 3 N–H and O–H groups in total. The second-order valence-electron chi connectivity index (χ2n) is 17.9. The van der Waals surface area contributed by atoms with E-state index in [-0.39, 0.29) is 24.8 Å². The maximum atomic E-state index is 14.1. The van der Waals surface area contributed by atoms with Gasteiger partial charge in [-0.3, -0.25) is 15.5 Å². The zero-order valence-electron chi connectivity index (χ0n) is 38.2. The predicted octanol–water partition coefficient (Wildman–Crippen LogP) is 6.74. The summed E-state index contributed by atoms with van der Waals surface area (Å²) in [6.07, 6.45) is -2.91. The van der Waals surface area contributed by atoms with Crippen molar-refractivity contribution in [2.24, 2.45) is 20.7 Å². The topological polar surface area (TPSA) is 150 Å². The smallest absolute Gasteiger partial charge is 0.261 e. The number of aliphatic hydroxyl groups excluding tert-OH is 1. The van der Waals surface area contributed by atoms with Gasteiger partial charge in [0.15, 0.2) is 12.1 Å². The first-order valence-electron chi connectivity index (χ1n) is 22.4. The monoisotopic (exact) mass is 913 g/mol. The van der Waals surface area contributed by atoms with Gasteiger partial charge >= 0.3 is 0 Å². The number of fused-ring (bicyclic) bond motifs is 1. The molecule has 1 unspecified atom stereocenters. The van der Waals surface area contributed by atoms with E-state index >= 15 is 0 Å². The molecule has 0 bridgehead atoms. The van der Waals surface area contributed by atoms with Gasteiger partial charge in [-0.15, -0.1) is 0 Å². The number of Topliss-reactive ketones (excluding diaryl/α,β-unsaturated/α-hetero) is 1. The Morgan fingerprint density at radius 1 is 0.746 bits per heavy atom. The van der Waals surface area contributed by atoms with Crippen LogP contribution in [0.3, 0.4) is 0 Å². The molecule has 0 radical (unpaired) electrons. The summed E-state index contributed by atoms with van der Waals surface area (Å²) in [7, 11) is -0.0751. The van der Waals surface area contributed by atoms with Gasteiger partial charge in [0.2, 0.25) is 11.4 Å². The lowest BCUT2D eigenvalue weighted by atomic mass is 9.80. The van der Waals surface area contributed by atoms with Crippen molar-refractivity contribution in [2.75, 3.05) is 27.5 Å². The number of ether oxygens (including phenoxy) is 4. The standard InChI is InChI=1S/C54H55N5O7Si/c1-52(2,3)67(43-22-14-8-15-23-43,44-24-16-9-17-25-44)66-47-45(65-51(46(47)60)59-36-57-48-50(59)56-35-58-54(48,55)49(61)37-18-10-6-11-19-37)34-64-53(38-20-12-7-13-21-38,39-26-30-41(62-4)31-27-39)40-28-32-42(63-5)33-29-40/h6-33,35,45-47,51,60H,34,36,55H2,1-5H3/t45-,46-,47-,51-,54?/m1/s1. The van der Waals surface area contributed by atoms with E-state index in [9.17, 15) is 9.90 Å². The van der Waals surface area contributed by atoms with Gasteiger partial charge in [0.25, 0.3) is 8.32 Å². The van der Waals surface area contributed by atoms with Crippen molar-refractivity contribution in [3.8, 4) is 11.5 Å². The van der Waals surface area contributed by atoms with Crippen LogP contribution in [0.15, 0.2) is 185 Å². The SMILES string of the molecule is COc1ccc(C(OC[C@H]2O[C@@H](N3CN=C4C3=NC=NC4(N)C(=O)c3ccccc3)[C@H](O)[C@@H]2O[Si](c2ccccc2)(c2ccccc2)C(C)(C)C)(c2ccccc2)c2ccc(OC)cc2)cc1. The molecule has 0 aliphatic carbocycles. The van der Waals surface area contributed by atoms with Crippen LogP contribution in [0.1, 0.15) is 47.8 Å². The molecule has 342 valence electrons. The van der Waals surface area contributed by atoms with Crippen molar-refractivity contribution in [1.29, 1.82) is 0 Å². The van der Waals surface area contributed by atoms with Gasteiger partial charge in [0.05, 0.1) is 20.8 Å². The number of aliphatic imine (C=N–C) groups is 3. The lowest BCUT2D eigenvalue weighted by Crippen LogP contribution is -2.69. The van der Waals surface area contributed by atoms with Crippen molar-refractivity contribution in [2.45, 2.75) is 61.6 Å². The number of hydrogen-bond donors (Lipinski definition) is 2. The molecule has 6 aromatic rings. The molecule has 0 amide bonds. The van der Waals surface area contributed by atoms with Crippen LogP contribution in [0.5, 0.6) is 11.5 Å². The molecule has 3 aliphatic rings. The molecule has 0 aromatic heterocycles. The number of aliphatic hydroxyl groups is 1. The fourth-order valence-electron chi connectivity index (χ4n) is 9.69. The summed E-state index contributed by atoms with van der Waals surface area (Å²) in [5.74, 6) is 1.24. The van der Waals surface area contributed by atoms with Crippen LogP contribution in [0.2, 0.25) is 5.04 Å². The minimum atomic E-state index is -3.35. The highest BCUT2D eigenvalue weighted by atomic mass is 28.4. The first-order valence-corrected chi connectivity index (χ1v) is 24.3. The van der Waals surface area contributed by atoms with Crippen molar-refractivity contribution >= 4 is 42.4 Å². The van der Waals surface area contributed by atoms with Gasteiger partial charge in [-0.25, -0.2) is 9.98 Å². The molecular formula is C54H55N5O7Si. The average molecular weight is 914 g/mol. The minimum Gasteiger partial charge on any atom is -0.497 e. The lowest BCUT2D eigenvalue weighted by molar-refractivity contribution is -0.101. The Morgan fingerprint density at radius 2 is 1.24 bits per heavy atom. The summed E-state index contributed by atoms with van der Waals surface area (Å²) < 4.78 is 33.6. The zero-order chi connectivity index (χ0) is 46.8. The lowest BCUT2D eigenvalue weighted by Gasteiger charge is -2.46. The van der Waals surface area contributed by atoms with E-state index in [2.05, 4.69) is 55.0 Å². The van der Waals surface area contributed by atoms with Crippen LogP contribution in [-0.2, 0) is 19.5 Å². The second-order valence-corrected chi connectivity index (χ2v) is 22.1. The van der Waals surface area contributed by atoms with Gasteiger partial charge in [-0.2, -0.15) is 0 Å². The molecule has 1 saturated heterocycles. The van der Waals surface area contributed by atoms with Crippen LogP contribution >= 0.6 is 0 Å². The number of carbonyl (C=O) groups excluding carboxylic acids is 1. The Kier molecular flexibility index (Phi) is 12.6. The first kappa shape index (κ1) is 45.6. The van der Waals surface area contributed by atoms with Crippen molar-refractivity contribution in [3.05, 3.63) is 192 Å². The maximum absolute atomic E-state index is 14.1. The average Bonchev–Trinajstić information content (AvgIpc) is 3.94. The van der Waals surface area contributed by atoms with Crippen molar-refractivity contribution in [1.82, 2.24) is 4.90 Å². The summed E-state index contributed by atoms with van der Waals surface area (Å²) in [5, 5.41) is 14.6. The third-order valence-corrected chi connectivity index (χ3v) is 18.1. The Morgan fingerprint density at radius 3 is 1.75 bits per heavy atom. The van der Waals surface area contributed by atoms with Gasteiger partial charge < -0.3 is 33.4 Å². The predicted molar refractivity (Wildman–Crippen MR) is 263 cm³/mol. The number of nitrogens with two attached hydrogens (primary N) is 1. The largest absolute Gasteiger partial charge is 0.497 e. The zero-order valence-corrected chi connectivity index (χ0v) is 39.2. The highest BCUT2D eigenvalue weighted by Gasteiger charge is 2.59. The Labute approximate surface area is 392 Å². The van der Waals surface area contributed by atoms with Gasteiger partial charge in [0.1, 0.15) is 54.1 Å². The van der Waals surface area contributed by atoms with Crippen LogP contribution in [0.4, 0.5) is 0 Å². The molecule has 67 heavy (non-hydrogen) atoms. The number of carbonyl (C=O) groups is 1. The van der Waals surface area contributed by atoms with Crippen LogP contribution in [0, 0.1) is 0 Å². The Balaban J connectivity index is 1.16. The molecule has 9 rings (SSSR count). The van der Waals surface area contributed by atoms with E-state index in [0.717, 1.165) is 27.1 Å². The van der Waals surface area contributed by atoms with E-state index in [0.29, 0.717) is 17.1 Å². The maximum Gasteiger partial charge on any atom is 0.261 e. The summed E-state index contributed by atoms with van der Waals surface area (Å²) >= 11 is 0. The molecule has 12 nitrogen and oxygen atoms in total. The fourth-order valence-corrected chi connectivity index (χ4v) is 14.4. The molecule has 5 atom stereocenters. The number of ketones is 1. The highest BCUT2D eigenvalue weighted by Crippen LogP contribution is 2.45. The van der Waals surface area contributed by atoms with E-state index in [4.69, 9.17) is 34.1 Å². The second kappa shape index (κ2) is 18.6. The van der Waals surface area contributed by atoms with Gasteiger partial charge in [-0.1, -0.05) is 166 Å². The van der Waals surface area contributed by atoms with Crippen LogP contribution in [-0.4, -0.2) is 99.7 Å². The Hall–Kier alpha value is -6.58. The number of benzene rings is 6. The fraction of sp³-hybridized carbons (Fsp3) is 0.259. The molecule has 0 saturated carbocycles. The first-order chi connectivity index (χ1) is 32.4. The third-order valence-electron chi connectivity index (χ3n) is 13.0. The number of methoxy groups -OCH3 is 2. The molecule has 3 aliphatic heterocycles. The summed E-state index contributed by atoms with van der Waals surface area (Å²) in [6, 6.07) is 55.0.